The van der Waals surface area contributed by atoms with Crippen LogP contribution >= 0.6 is 0 Å². The van der Waals surface area contributed by atoms with Crippen LogP contribution in [0.5, 0.6) is 0 Å². The normalized spacial score (nSPS) is 17.6. The van der Waals surface area contributed by atoms with E-state index in [9.17, 15) is 23.2 Å². The summed E-state index contributed by atoms with van der Waals surface area (Å²) in [5, 5.41) is 0.798. The third kappa shape index (κ3) is 4.49. The molecule has 6 nitrogen and oxygen atoms in total. The molecule has 0 spiro atoms. The van der Waals surface area contributed by atoms with Crippen LogP contribution in [-0.2, 0) is 10.8 Å². The lowest BCUT2D eigenvalue weighted by molar-refractivity contribution is 0.0990. The van der Waals surface area contributed by atoms with E-state index < -0.39 is 34.3 Å². The Morgan fingerprint density at radius 1 is 0.902 bits per heavy atom. The summed E-state index contributed by atoms with van der Waals surface area (Å²) in [6.07, 6.45) is 3.36. The number of ketones is 1. The van der Waals surface area contributed by atoms with E-state index in [2.05, 4.69) is 38.7 Å². The Morgan fingerprint density at radius 3 is 2.29 bits per heavy atom. The van der Waals surface area contributed by atoms with Crippen molar-refractivity contribution in [2.24, 2.45) is 0 Å². The minimum Gasteiger partial charge on any atom is -0.422 e. The Labute approximate surface area is 235 Å². The molecule has 0 amide bonds. The van der Waals surface area contributed by atoms with Crippen LogP contribution in [0.2, 0.25) is 0 Å². The van der Waals surface area contributed by atoms with Crippen molar-refractivity contribution in [2.75, 3.05) is 18.0 Å². The van der Waals surface area contributed by atoms with Gasteiger partial charge < -0.3 is 13.7 Å². The first-order valence-electron chi connectivity index (χ1n) is 13.8. The molecule has 2 aliphatic heterocycles. The lowest BCUT2D eigenvalue weighted by atomic mass is 9.69. The number of carbonyl (C=O) groups excluding carboxylic acids is 1. The summed E-state index contributed by atoms with van der Waals surface area (Å²) in [6.45, 7) is 12.5. The van der Waals surface area contributed by atoms with Crippen LogP contribution in [0, 0.1) is 11.6 Å². The van der Waals surface area contributed by atoms with Crippen LogP contribution in [-0.4, -0.2) is 18.9 Å². The molecule has 0 atom stereocenters. The monoisotopic (exact) mass is 559 g/mol. The van der Waals surface area contributed by atoms with Crippen molar-refractivity contribution in [3.8, 4) is 0 Å². The van der Waals surface area contributed by atoms with E-state index >= 15 is 0 Å². The Bertz CT molecular complexity index is 1930. The Kier molecular flexibility index (Phi) is 6.10. The molecule has 2 aromatic heterocycles. The summed E-state index contributed by atoms with van der Waals surface area (Å²) in [4.78, 5) is 41.1. The van der Waals surface area contributed by atoms with E-state index in [1.165, 1.54) is 11.3 Å². The quantitative estimate of drug-likeness (QED) is 0.197. The van der Waals surface area contributed by atoms with Crippen molar-refractivity contribution in [1.29, 1.82) is 0 Å². The number of Topliss-reactive ketones (excluding diaryl/α,β-unsaturated/α-hetero) is 1. The van der Waals surface area contributed by atoms with Gasteiger partial charge in [0.15, 0.2) is 17.2 Å². The van der Waals surface area contributed by atoms with Crippen LogP contribution in [0.4, 0.5) is 14.5 Å². The van der Waals surface area contributed by atoms with Crippen molar-refractivity contribution >= 4 is 39.5 Å². The number of allylic oxidation sites excluding steroid dienone is 1. The van der Waals surface area contributed by atoms with Crippen molar-refractivity contribution in [3.05, 3.63) is 90.6 Å². The van der Waals surface area contributed by atoms with Crippen LogP contribution in [0.25, 0.3) is 28.0 Å². The molecular formula is C33H31F2NO5. The second-order valence-electron chi connectivity index (χ2n) is 12.7. The molecule has 41 heavy (non-hydrogen) atoms. The molecule has 2 aliphatic rings. The van der Waals surface area contributed by atoms with Gasteiger partial charge in [-0.15, -0.1) is 0 Å². The largest absolute Gasteiger partial charge is 0.422 e. The Balaban J connectivity index is 1.40. The van der Waals surface area contributed by atoms with Crippen LogP contribution in [0.15, 0.2) is 54.3 Å². The second kappa shape index (κ2) is 9.23. The van der Waals surface area contributed by atoms with Gasteiger partial charge in [-0.2, -0.15) is 0 Å². The minimum absolute atomic E-state index is 0.0287. The van der Waals surface area contributed by atoms with Gasteiger partial charge in [0, 0.05) is 47.6 Å². The zero-order valence-corrected chi connectivity index (χ0v) is 23.7. The zero-order valence-electron chi connectivity index (χ0n) is 23.7. The maximum absolute atomic E-state index is 14.0. The fourth-order valence-corrected chi connectivity index (χ4v) is 6.28. The van der Waals surface area contributed by atoms with Gasteiger partial charge in [-0.25, -0.2) is 18.4 Å². The van der Waals surface area contributed by atoms with Crippen LogP contribution in [0.1, 0.15) is 80.9 Å². The van der Waals surface area contributed by atoms with E-state index in [0.29, 0.717) is 22.8 Å². The van der Waals surface area contributed by atoms with E-state index in [1.54, 1.807) is 13.0 Å². The highest BCUT2D eigenvalue weighted by atomic mass is 19.1. The van der Waals surface area contributed by atoms with E-state index in [1.807, 2.05) is 6.07 Å². The van der Waals surface area contributed by atoms with Crippen molar-refractivity contribution in [2.45, 2.75) is 64.7 Å². The van der Waals surface area contributed by atoms with Gasteiger partial charge in [0.2, 0.25) is 0 Å². The minimum atomic E-state index is -1.02. The molecule has 0 bridgehead atoms. The molecule has 2 aromatic carbocycles. The van der Waals surface area contributed by atoms with E-state index in [-0.39, 0.29) is 28.2 Å². The molecule has 4 aromatic rings. The molecule has 0 radical (unpaired) electrons. The van der Waals surface area contributed by atoms with Gasteiger partial charge in [0.25, 0.3) is 0 Å². The number of halogens is 2. The van der Waals surface area contributed by atoms with Gasteiger partial charge in [-0.05, 0) is 66.5 Å². The highest BCUT2D eigenvalue weighted by Gasteiger charge is 2.41. The number of benzene rings is 2. The first-order chi connectivity index (χ1) is 19.2. The van der Waals surface area contributed by atoms with Gasteiger partial charge in [0.05, 0.1) is 5.56 Å². The molecule has 0 aliphatic carbocycles. The maximum atomic E-state index is 14.0. The molecule has 4 heterocycles. The zero-order chi connectivity index (χ0) is 29.4. The maximum Gasteiger partial charge on any atom is 0.347 e. The van der Waals surface area contributed by atoms with Crippen molar-refractivity contribution < 1.29 is 22.4 Å². The third-order valence-corrected chi connectivity index (χ3v) is 8.65. The first-order valence-corrected chi connectivity index (χ1v) is 13.8. The van der Waals surface area contributed by atoms with Gasteiger partial charge >= 0.3 is 11.3 Å². The smallest absolute Gasteiger partial charge is 0.347 e. The molecule has 0 N–H and O–H groups in total. The van der Waals surface area contributed by atoms with Gasteiger partial charge in [-0.3, -0.25) is 4.79 Å². The fraction of sp³-hybridized carbons (Fsp3) is 0.364. The number of nitrogens with zero attached hydrogens (tertiary/aromatic N) is 1. The summed E-state index contributed by atoms with van der Waals surface area (Å²) in [5.74, 6) is -2.47. The summed E-state index contributed by atoms with van der Waals surface area (Å²) >= 11 is 0. The lowest BCUT2D eigenvalue weighted by Gasteiger charge is -2.48. The highest BCUT2D eigenvalue weighted by molar-refractivity contribution is 6.00. The van der Waals surface area contributed by atoms with Crippen molar-refractivity contribution in [1.82, 2.24) is 0 Å². The number of rotatable bonds is 4. The highest BCUT2D eigenvalue weighted by Crippen LogP contribution is 2.51. The topological polar surface area (TPSA) is 80.7 Å². The van der Waals surface area contributed by atoms with Crippen LogP contribution in [0.3, 0.4) is 0 Å². The van der Waals surface area contributed by atoms with E-state index in [0.717, 1.165) is 49.0 Å². The molecule has 0 saturated carbocycles. The average molecular weight is 560 g/mol. The third-order valence-electron chi connectivity index (χ3n) is 8.65. The summed E-state index contributed by atoms with van der Waals surface area (Å²) in [5.41, 5.74) is 2.44. The number of carbonyl (C=O) groups is 1. The molecule has 212 valence electrons. The number of anilines is 1. The van der Waals surface area contributed by atoms with E-state index in [4.69, 9.17) is 8.83 Å². The van der Waals surface area contributed by atoms with Gasteiger partial charge in [-0.1, -0.05) is 33.3 Å². The number of hydrogen-bond donors (Lipinski definition) is 0. The molecular weight excluding hydrogens is 528 g/mol. The first kappa shape index (κ1) is 27.1. The average Bonchev–Trinajstić information content (AvgIpc) is 2.87. The van der Waals surface area contributed by atoms with Crippen LogP contribution < -0.4 is 16.2 Å². The fourth-order valence-electron chi connectivity index (χ4n) is 6.28. The molecule has 0 saturated heterocycles. The number of fused-ring (bicyclic) bond motifs is 3. The summed E-state index contributed by atoms with van der Waals surface area (Å²) in [7, 11) is 0. The Morgan fingerprint density at radius 2 is 1.56 bits per heavy atom. The SMILES string of the molecule is C/C(=C\c1cc2cc3c4c(c2oc1=O)C(C)(C)CCN4CCC3(C)C)CC(=O)c1cc2cc(F)cc(F)c2oc1=O. The van der Waals surface area contributed by atoms with Crippen molar-refractivity contribution in [3.63, 3.8) is 0 Å². The summed E-state index contributed by atoms with van der Waals surface area (Å²) < 4.78 is 38.7. The predicted octanol–water partition coefficient (Wildman–Crippen LogP) is 7.02. The standard InChI is InChI=1S/C33H31F2NO5/c1-17(11-25(37)22-14-19-13-21(34)16-24(35)28(19)40-31(22)39)10-20-12-18-15-23-27-26(29(18)41-30(20)38)33(4,5)7-9-36(27)8-6-32(23,2)3/h10,12-16H,6-9,11H2,1-5H3/b17-10+. The lowest BCUT2D eigenvalue weighted by Crippen LogP contribution is -2.44. The molecule has 6 rings (SSSR count). The molecule has 8 heteroatoms. The number of hydrogen-bond acceptors (Lipinski definition) is 6. The molecule has 0 unspecified atom stereocenters. The predicted molar refractivity (Wildman–Crippen MR) is 155 cm³/mol. The summed E-state index contributed by atoms with van der Waals surface area (Å²) in [6, 6.07) is 6.67. The molecule has 0 fully saturated rings. The second-order valence-corrected chi connectivity index (χ2v) is 12.7. The Hall–Kier alpha value is -4.07. The van der Waals surface area contributed by atoms with Gasteiger partial charge in [0.1, 0.15) is 17.0 Å².